The molecule has 4 aromatic rings. The van der Waals surface area contributed by atoms with Crippen LogP contribution in [0.4, 0.5) is 0 Å². The Morgan fingerprint density at radius 3 is 2.68 bits per heavy atom. The van der Waals surface area contributed by atoms with Crippen molar-refractivity contribution < 1.29 is 5.11 Å². The minimum Gasteiger partial charge on any atom is -0.506 e. The molecule has 0 unspecified atom stereocenters. The highest BCUT2D eigenvalue weighted by atomic mass is 35.5. The highest BCUT2D eigenvalue weighted by Crippen LogP contribution is 2.42. The van der Waals surface area contributed by atoms with E-state index in [1.54, 1.807) is 30.6 Å². The second-order valence-electron chi connectivity index (χ2n) is 8.41. The van der Waals surface area contributed by atoms with Crippen molar-refractivity contribution in [1.29, 1.82) is 0 Å². The lowest BCUT2D eigenvalue weighted by atomic mass is 9.96. The molecule has 0 bridgehead atoms. The Hall–Kier alpha value is -3.42. The molecule has 2 atom stereocenters. The molecule has 1 aromatic carbocycles. The number of phenols is 1. The van der Waals surface area contributed by atoms with Crippen LogP contribution in [0.1, 0.15) is 40.3 Å². The number of aromatic hydroxyl groups is 1. The molecule has 0 aliphatic carbocycles. The molecule has 5 rings (SSSR count). The Kier molecular flexibility index (Phi) is 5.98. The monoisotopic (exact) mass is 489 g/mol. The van der Waals surface area contributed by atoms with E-state index < -0.39 is 0 Å². The fourth-order valence-electron chi connectivity index (χ4n) is 4.74. The fourth-order valence-corrected chi connectivity index (χ4v) is 5.21. The number of hydrogen-bond acceptors (Lipinski definition) is 4. The van der Waals surface area contributed by atoms with Crippen LogP contribution in [0.25, 0.3) is 5.69 Å². The first-order chi connectivity index (χ1) is 16.4. The highest BCUT2D eigenvalue weighted by molar-refractivity contribution is 7.80. The average Bonchev–Trinajstić information content (AvgIpc) is 3.31. The number of rotatable bonds is 5. The van der Waals surface area contributed by atoms with E-state index in [9.17, 15) is 5.11 Å². The molecule has 1 aliphatic heterocycles. The maximum absolute atomic E-state index is 10.6. The zero-order valence-electron chi connectivity index (χ0n) is 18.8. The summed E-state index contributed by atoms with van der Waals surface area (Å²) in [7, 11) is 0. The van der Waals surface area contributed by atoms with Gasteiger partial charge < -0.3 is 19.9 Å². The predicted molar refractivity (Wildman–Crippen MR) is 137 cm³/mol. The first-order valence-electron chi connectivity index (χ1n) is 11.0. The number of hydrogen-bond donors (Lipinski definition) is 2. The minimum atomic E-state index is -0.132. The van der Waals surface area contributed by atoms with E-state index in [1.807, 2.05) is 48.0 Å². The van der Waals surface area contributed by atoms with E-state index in [2.05, 4.69) is 33.2 Å². The first kappa shape index (κ1) is 22.4. The van der Waals surface area contributed by atoms with Crippen LogP contribution in [-0.4, -0.2) is 29.7 Å². The third-order valence-electron chi connectivity index (χ3n) is 6.24. The van der Waals surface area contributed by atoms with Crippen LogP contribution >= 0.6 is 23.8 Å². The summed E-state index contributed by atoms with van der Waals surface area (Å²) in [5.74, 6) is 0.173. The SMILES string of the molecule is Cc1cc([C@@H]2[C@H](c3ccccn3)NC(=S)N2Cc2cccnc2)c(C)n1-c1cc(Cl)ccc1O. The van der Waals surface area contributed by atoms with Gasteiger partial charge in [0, 0.05) is 41.5 Å². The summed E-state index contributed by atoms with van der Waals surface area (Å²) in [5.41, 5.74) is 5.73. The van der Waals surface area contributed by atoms with Gasteiger partial charge in [-0.05, 0) is 79.7 Å². The van der Waals surface area contributed by atoms with Crippen LogP contribution in [0, 0.1) is 13.8 Å². The van der Waals surface area contributed by atoms with Gasteiger partial charge in [0.2, 0.25) is 0 Å². The van der Waals surface area contributed by atoms with Crippen LogP contribution in [-0.2, 0) is 6.54 Å². The van der Waals surface area contributed by atoms with Gasteiger partial charge in [0.1, 0.15) is 5.75 Å². The van der Waals surface area contributed by atoms with Gasteiger partial charge in [0.05, 0.1) is 23.5 Å². The number of aromatic nitrogens is 3. The minimum absolute atomic E-state index is 0.108. The van der Waals surface area contributed by atoms with E-state index in [0.717, 1.165) is 28.2 Å². The van der Waals surface area contributed by atoms with E-state index in [1.165, 1.54) is 0 Å². The largest absolute Gasteiger partial charge is 0.506 e. The van der Waals surface area contributed by atoms with Gasteiger partial charge in [-0.15, -0.1) is 0 Å². The number of pyridine rings is 2. The van der Waals surface area contributed by atoms with Gasteiger partial charge in [-0.1, -0.05) is 23.7 Å². The first-order valence-corrected chi connectivity index (χ1v) is 11.8. The zero-order valence-corrected chi connectivity index (χ0v) is 20.4. The van der Waals surface area contributed by atoms with Crippen LogP contribution in [0.3, 0.4) is 0 Å². The Bertz CT molecular complexity index is 1340. The Morgan fingerprint density at radius 2 is 1.94 bits per heavy atom. The summed E-state index contributed by atoms with van der Waals surface area (Å²) < 4.78 is 2.04. The number of thiocarbonyl (C=S) groups is 1. The average molecular weight is 490 g/mol. The van der Waals surface area contributed by atoms with Crippen LogP contribution in [0.2, 0.25) is 5.02 Å². The molecular formula is C26H24ClN5OS. The van der Waals surface area contributed by atoms with Crippen molar-refractivity contribution in [2.24, 2.45) is 0 Å². The molecule has 0 radical (unpaired) electrons. The normalized spacial score (nSPS) is 17.7. The summed E-state index contributed by atoms with van der Waals surface area (Å²) in [6, 6.07) is 16.9. The molecule has 6 nitrogen and oxygen atoms in total. The Labute approximate surface area is 208 Å². The molecule has 1 aliphatic rings. The number of benzene rings is 1. The lowest BCUT2D eigenvalue weighted by molar-refractivity contribution is 0.310. The molecule has 4 heterocycles. The summed E-state index contributed by atoms with van der Waals surface area (Å²) >= 11 is 12.1. The van der Waals surface area contributed by atoms with E-state index >= 15 is 0 Å². The van der Waals surface area contributed by atoms with Crippen molar-refractivity contribution in [3.8, 4) is 11.4 Å². The van der Waals surface area contributed by atoms with Gasteiger partial charge >= 0.3 is 0 Å². The van der Waals surface area contributed by atoms with Gasteiger partial charge in [-0.25, -0.2) is 0 Å². The fraction of sp³-hybridized carbons (Fsp3) is 0.192. The maximum atomic E-state index is 10.6. The smallest absolute Gasteiger partial charge is 0.170 e. The van der Waals surface area contributed by atoms with Gasteiger partial charge in [0.15, 0.2) is 5.11 Å². The molecule has 172 valence electrons. The van der Waals surface area contributed by atoms with Crippen molar-refractivity contribution in [3.63, 3.8) is 0 Å². The predicted octanol–water partition coefficient (Wildman–Crippen LogP) is 5.42. The summed E-state index contributed by atoms with van der Waals surface area (Å²) in [4.78, 5) is 11.1. The number of halogens is 1. The second-order valence-corrected chi connectivity index (χ2v) is 9.23. The molecule has 3 aromatic heterocycles. The summed E-state index contributed by atoms with van der Waals surface area (Å²) in [5, 5.41) is 15.3. The third kappa shape index (κ3) is 4.02. The number of nitrogens with one attached hydrogen (secondary N) is 1. The number of phenolic OH excluding ortho intramolecular Hbond substituents is 1. The lowest BCUT2D eigenvalue weighted by Crippen LogP contribution is -2.29. The van der Waals surface area contributed by atoms with Crippen LogP contribution in [0.15, 0.2) is 73.2 Å². The zero-order chi connectivity index (χ0) is 23.8. The molecule has 0 saturated carbocycles. The quantitative estimate of drug-likeness (QED) is 0.365. The highest BCUT2D eigenvalue weighted by Gasteiger charge is 2.41. The van der Waals surface area contributed by atoms with Gasteiger partial charge in [-0.3, -0.25) is 9.97 Å². The molecule has 8 heteroatoms. The Balaban J connectivity index is 1.64. The molecule has 1 saturated heterocycles. The molecule has 1 fully saturated rings. The summed E-state index contributed by atoms with van der Waals surface area (Å²) in [6.07, 6.45) is 5.43. The van der Waals surface area contributed by atoms with Gasteiger partial charge in [-0.2, -0.15) is 0 Å². The third-order valence-corrected chi connectivity index (χ3v) is 6.83. The van der Waals surface area contributed by atoms with Crippen LogP contribution in [0.5, 0.6) is 5.75 Å². The molecule has 2 N–H and O–H groups in total. The maximum Gasteiger partial charge on any atom is 0.170 e. The van der Waals surface area contributed by atoms with E-state index in [0.29, 0.717) is 22.4 Å². The van der Waals surface area contributed by atoms with Crippen molar-refractivity contribution in [1.82, 2.24) is 24.8 Å². The molecule has 34 heavy (non-hydrogen) atoms. The van der Waals surface area contributed by atoms with E-state index in [-0.39, 0.29) is 17.8 Å². The molecule has 0 amide bonds. The topological polar surface area (TPSA) is 66.2 Å². The number of aryl methyl sites for hydroxylation is 1. The van der Waals surface area contributed by atoms with Gasteiger partial charge in [0.25, 0.3) is 0 Å². The van der Waals surface area contributed by atoms with Crippen molar-refractivity contribution >= 4 is 28.9 Å². The summed E-state index contributed by atoms with van der Waals surface area (Å²) in [6.45, 7) is 4.69. The molecule has 0 spiro atoms. The molecular weight excluding hydrogens is 466 g/mol. The van der Waals surface area contributed by atoms with Crippen molar-refractivity contribution in [2.45, 2.75) is 32.5 Å². The van der Waals surface area contributed by atoms with E-state index in [4.69, 9.17) is 23.8 Å². The second kappa shape index (κ2) is 9.08. The lowest BCUT2D eigenvalue weighted by Gasteiger charge is -2.28. The Morgan fingerprint density at radius 1 is 1.09 bits per heavy atom. The standard InChI is InChI=1S/C26H24ClN5OS/c1-16-12-20(17(2)32(16)22-13-19(27)8-9-23(22)33)25-24(21-7-3-4-11-29-21)30-26(34)31(25)15-18-6-5-10-28-14-18/h3-14,24-25,33H,15H2,1-2H3,(H,30,34)/t24-,25+/m0/s1. The van der Waals surface area contributed by atoms with Crippen LogP contribution < -0.4 is 5.32 Å². The van der Waals surface area contributed by atoms with Crippen molar-refractivity contribution in [3.05, 3.63) is 106 Å². The number of nitrogens with zero attached hydrogens (tertiary/aromatic N) is 4. The van der Waals surface area contributed by atoms with Crippen molar-refractivity contribution in [2.75, 3.05) is 0 Å².